The summed E-state index contributed by atoms with van der Waals surface area (Å²) < 4.78 is 0. The number of nitrogens with one attached hydrogen (secondary N) is 1. The van der Waals surface area contributed by atoms with E-state index in [1.807, 2.05) is 18.2 Å². The third kappa shape index (κ3) is 5.94. The molecule has 2 N–H and O–H groups in total. The van der Waals surface area contributed by atoms with Gasteiger partial charge in [0.1, 0.15) is 5.75 Å². The van der Waals surface area contributed by atoms with Crippen molar-refractivity contribution < 1.29 is 9.90 Å². The first-order chi connectivity index (χ1) is 14.2. The molecule has 5 nitrogen and oxygen atoms in total. The number of amides is 1. The molecule has 0 spiro atoms. The summed E-state index contributed by atoms with van der Waals surface area (Å²) in [6.45, 7) is 4.02. The van der Waals surface area contributed by atoms with E-state index in [4.69, 9.17) is 0 Å². The SMILES string of the molecule is CCCN(Cc1ccccc1)c1ccc(C=NNC(=O)c2ccc(O)cc2)cc1. The second-order valence-electron chi connectivity index (χ2n) is 6.74. The van der Waals surface area contributed by atoms with E-state index in [0.717, 1.165) is 30.8 Å². The maximum absolute atomic E-state index is 12.0. The molecule has 0 aromatic heterocycles. The zero-order valence-electron chi connectivity index (χ0n) is 16.5. The van der Waals surface area contributed by atoms with Crippen molar-refractivity contribution >= 4 is 17.8 Å². The average molecular weight is 387 g/mol. The normalized spacial score (nSPS) is 10.8. The van der Waals surface area contributed by atoms with Crippen molar-refractivity contribution in [2.75, 3.05) is 11.4 Å². The summed E-state index contributed by atoms with van der Waals surface area (Å²) in [5, 5.41) is 13.3. The summed E-state index contributed by atoms with van der Waals surface area (Å²) in [6, 6.07) is 24.6. The molecule has 3 aromatic rings. The number of hydrogen-bond donors (Lipinski definition) is 2. The van der Waals surface area contributed by atoms with Crippen LogP contribution in [-0.2, 0) is 6.54 Å². The third-order valence-electron chi connectivity index (χ3n) is 4.48. The molecule has 0 heterocycles. The number of phenols is 1. The molecule has 0 saturated carbocycles. The predicted molar refractivity (Wildman–Crippen MR) is 117 cm³/mol. The minimum absolute atomic E-state index is 0.120. The maximum Gasteiger partial charge on any atom is 0.271 e. The van der Waals surface area contributed by atoms with E-state index in [9.17, 15) is 9.90 Å². The number of hydrazone groups is 1. The number of nitrogens with zero attached hydrogens (tertiary/aromatic N) is 2. The van der Waals surface area contributed by atoms with Crippen LogP contribution in [0.5, 0.6) is 5.75 Å². The monoisotopic (exact) mass is 387 g/mol. The van der Waals surface area contributed by atoms with Crippen molar-refractivity contribution in [2.24, 2.45) is 5.10 Å². The summed E-state index contributed by atoms with van der Waals surface area (Å²) in [7, 11) is 0. The Hall–Kier alpha value is -3.60. The number of phenolic OH excluding ortho intramolecular Hbond substituents is 1. The van der Waals surface area contributed by atoms with Gasteiger partial charge in [-0.05, 0) is 53.9 Å². The van der Waals surface area contributed by atoms with Crippen LogP contribution in [0.15, 0.2) is 84.0 Å². The number of carbonyl (C=O) groups excluding carboxylic acids is 1. The average Bonchev–Trinajstić information content (AvgIpc) is 2.75. The van der Waals surface area contributed by atoms with Gasteiger partial charge in [-0.1, -0.05) is 49.4 Å². The lowest BCUT2D eigenvalue weighted by Crippen LogP contribution is -2.23. The highest BCUT2D eigenvalue weighted by atomic mass is 16.3. The van der Waals surface area contributed by atoms with Gasteiger partial charge < -0.3 is 10.0 Å². The second-order valence-corrected chi connectivity index (χ2v) is 6.74. The molecular weight excluding hydrogens is 362 g/mol. The summed E-state index contributed by atoms with van der Waals surface area (Å²) in [5.41, 5.74) is 6.27. The highest BCUT2D eigenvalue weighted by Crippen LogP contribution is 2.18. The van der Waals surface area contributed by atoms with Gasteiger partial charge in [-0.15, -0.1) is 0 Å². The van der Waals surface area contributed by atoms with Crippen molar-refractivity contribution in [3.63, 3.8) is 0 Å². The lowest BCUT2D eigenvalue weighted by Gasteiger charge is -2.24. The molecule has 3 rings (SSSR count). The lowest BCUT2D eigenvalue weighted by molar-refractivity contribution is 0.0955. The molecule has 5 heteroatoms. The fourth-order valence-corrected chi connectivity index (χ4v) is 2.99. The quantitative estimate of drug-likeness (QED) is 0.439. The third-order valence-corrected chi connectivity index (χ3v) is 4.48. The molecule has 0 saturated heterocycles. The van der Waals surface area contributed by atoms with Gasteiger partial charge in [0.25, 0.3) is 5.91 Å². The molecule has 0 aliphatic rings. The molecule has 0 radical (unpaired) electrons. The Kier molecular flexibility index (Phi) is 7.00. The van der Waals surface area contributed by atoms with Crippen LogP contribution in [-0.4, -0.2) is 23.8 Å². The van der Waals surface area contributed by atoms with Crippen molar-refractivity contribution in [1.82, 2.24) is 5.43 Å². The molecule has 0 unspecified atom stereocenters. The van der Waals surface area contributed by atoms with E-state index in [1.54, 1.807) is 18.3 Å². The number of anilines is 1. The van der Waals surface area contributed by atoms with Crippen molar-refractivity contribution in [3.8, 4) is 5.75 Å². The Morgan fingerprint density at radius 2 is 1.69 bits per heavy atom. The van der Waals surface area contributed by atoms with Gasteiger partial charge in [0, 0.05) is 24.3 Å². The van der Waals surface area contributed by atoms with Crippen molar-refractivity contribution in [2.45, 2.75) is 19.9 Å². The van der Waals surface area contributed by atoms with Crippen LogP contribution in [0.1, 0.15) is 34.8 Å². The van der Waals surface area contributed by atoms with Gasteiger partial charge in [0.2, 0.25) is 0 Å². The van der Waals surface area contributed by atoms with E-state index in [1.165, 1.54) is 17.7 Å². The fraction of sp³-hybridized carbons (Fsp3) is 0.167. The summed E-state index contributed by atoms with van der Waals surface area (Å²) in [4.78, 5) is 14.4. The van der Waals surface area contributed by atoms with E-state index >= 15 is 0 Å². The second kappa shape index (κ2) is 10.1. The Morgan fingerprint density at radius 3 is 2.34 bits per heavy atom. The van der Waals surface area contributed by atoms with Gasteiger partial charge in [-0.2, -0.15) is 5.10 Å². The molecule has 0 aliphatic heterocycles. The van der Waals surface area contributed by atoms with Crippen LogP contribution in [0, 0.1) is 0 Å². The first-order valence-electron chi connectivity index (χ1n) is 9.67. The molecule has 148 valence electrons. The van der Waals surface area contributed by atoms with Gasteiger partial charge in [0.15, 0.2) is 0 Å². The zero-order chi connectivity index (χ0) is 20.5. The minimum atomic E-state index is -0.324. The van der Waals surface area contributed by atoms with E-state index in [2.05, 4.69) is 58.7 Å². The van der Waals surface area contributed by atoms with Crippen LogP contribution in [0.2, 0.25) is 0 Å². The molecule has 29 heavy (non-hydrogen) atoms. The summed E-state index contributed by atoms with van der Waals surface area (Å²) in [6.07, 6.45) is 2.68. The molecule has 0 aliphatic carbocycles. The molecule has 0 atom stereocenters. The largest absolute Gasteiger partial charge is 0.508 e. The topological polar surface area (TPSA) is 64.9 Å². The zero-order valence-corrected chi connectivity index (χ0v) is 16.5. The highest BCUT2D eigenvalue weighted by Gasteiger charge is 2.07. The first-order valence-corrected chi connectivity index (χ1v) is 9.67. The van der Waals surface area contributed by atoms with Crippen LogP contribution >= 0.6 is 0 Å². The standard InChI is InChI=1S/C24H25N3O2/c1-2-16-27(18-20-6-4-3-5-7-20)22-12-8-19(9-13-22)17-25-26-24(29)21-10-14-23(28)15-11-21/h3-15,17,28H,2,16,18H2,1H3,(H,26,29). The fourth-order valence-electron chi connectivity index (χ4n) is 2.99. The summed E-state index contributed by atoms with van der Waals surface area (Å²) in [5.74, 6) is -0.204. The van der Waals surface area contributed by atoms with Crippen LogP contribution in [0.25, 0.3) is 0 Å². The van der Waals surface area contributed by atoms with Gasteiger partial charge in [-0.25, -0.2) is 5.43 Å². The minimum Gasteiger partial charge on any atom is -0.508 e. The van der Waals surface area contributed by atoms with Crippen LogP contribution in [0.4, 0.5) is 5.69 Å². The van der Waals surface area contributed by atoms with Crippen LogP contribution in [0.3, 0.4) is 0 Å². The smallest absolute Gasteiger partial charge is 0.271 e. The van der Waals surface area contributed by atoms with Gasteiger partial charge in [-0.3, -0.25) is 4.79 Å². The highest BCUT2D eigenvalue weighted by molar-refractivity contribution is 5.95. The Bertz CT molecular complexity index is 936. The van der Waals surface area contributed by atoms with Crippen LogP contribution < -0.4 is 10.3 Å². The van der Waals surface area contributed by atoms with E-state index < -0.39 is 0 Å². The molecule has 0 fully saturated rings. The predicted octanol–water partition coefficient (Wildman–Crippen LogP) is 4.57. The maximum atomic E-state index is 12.0. The molecule has 0 bridgehead atoms. The van der Waals surface area contributed by atoms with E-state index in [0.29, 0.717) is 5.56 Å². The first kappa shape index (κ1) is 20.1. The number of hydrogen-bond acceptors (Lipinski definition) is 4. The van der Waals surface area contributed by atoms with Gasteiger partial charge in [0.05, 0.1) is 6.21 Å². The number of rotatable bonds is 8. The Balaban J connectivity index is 1.61. The molecular formula is C24H25N3O2. The number of benzene rings is 3. The number of aromatic hydroxyl groups is 1. The van der Waals surface area contributed by atoms with E-state index in [-0.39, 0.29) is 11.7 Å². The summed E-state index contributed by atoms with van der Waals surface area (Å²) >= 11 is 0. The Morgan fingerprint density at radius 1 is 1.00 bits per heavy atom. The van der Waals surface area contributed by atoms with Crippen molar-refractivity contribution in [3.05, 3.63) is 95.6 Å². The van der Waals surface area contributed by atoms with Crippen molar-refractivity contribution in [1.29, 1.82) is 0 Å². The van der Waals surface area contributed by atoms with Gasteiger partial charge >= 0.3 is 0 Å². The molecule has 1 amide bonds. The Labute approximate surface area is 171 Å². The lowest BCUT2D eigenvalue weighted by atomic mass is 10.1. The molecule has 3 aromatic carbocycles. The number of carbonyl (C=O) groups is 1.